The van der Waals surface area contributed by atoms with Crippen molar-refractivity contribution in [3.05, 3.63) is 35.9 Å². The Morgan fingerprint density at radius 3 is 2.70 bits per heavy atom. The van der Waals surface area contributed by atoms with Crippen LogP contribution in [0.2, 0.25) is 0 Å². The molecule has 2 fully saturated rings. The number of ether oxygens (including phenoxy) is 4. The van der Waals surface area contributed by atoms with Crippen molar-refractivity contribution in [1.82, 2.24) is 0 Å². The average Bonchev–Trinajstić information content (AvgIpc) is 2.51. The summed E-state index contributed by atoms with van der Waals surface area (Å²) < 4.78 is 22.2. The molecule has 0 radical (unpaired) electrons. The normalized spacial score (nSPS) is 41.1. The highest BCUT2D eigenvalue weighted by Gasteiger charge is 2.48. The van der Waals surface area contributed by atoms with Crippen LogP contribution in [0.15, 0.2) is 30.3 Å². The molecule has 0 unspecified atom stereocenters. The van der Waals surface area contributed by atoms with Gasteiger partial charge in [0, 0.05) is 12.7 Å². The summed E-state index contributed by atoms with van der Waals surface area (Å²) in [6.07, 6.45) is -2.91. The van der Waals surface area contributed by atoms with Crippen LogP contribution in [0.5, 0.6) is 0 Å². The van der Waals surface area contributed by atoms with E-state index in [1.165, 1.54) is 7.11 Å². The fourth-order valence-corrected chi connectivity index (χ4v) is 2.60. The van der Waals surface area contributed by atoms with Gasteiger partial charge in [-0.15, -0.1) is 0 Å². The highest BCUT2D eigenvalue weighted by atomic mass is 16.7. The summed E-state index contributed by atoms with van der Waals surface area (Å²) in [6, 6.07) is 8.93. The van der Waals surface area contributed by atoms with Crippen molar-refractivity contribution in [3.8, 4) is 0 Å². The van der Waals surface area contributed by atoms with Gasteiger partial charge >= 0.3 is 0 Å². The highest BCUT2D eigenvalue weighted by molar-refractivity contribution is 5.16. The van der Waals surface area contributed by atoms with Crippen LogP contribution in [0, 0.1) is 0 Å². The first-order valence-electron chi connectivity index (χ1n) is 6.64. The molecule has 6 atom stereocenters. The zero-order valence-electron chi connectivity index (χ0n) is 11.2. The maximum atomic E-state index is 10.3. The van der Waals surface area contributed by atoms with E-state index in [0.717, 1.165) is 5.56 Å². The molecule has 20 heavy (non-hydrogen) atoms. The first-order valence-corrected chi connectivity index (χ1v) is 6.64. The lowest BCUT2D eigenvalue weighted by Crippen LogP contribution is -2.64. The second kappa shape index (κ2) is 5.77. The SMILES string of the molecule is CO[C@@H]1O[C@H]2CO[C@H](c3ccccc3)O[C@@H]2[C@@H](O)[C@@H]1N. The molecule has 3 N–H and O–H groups in total. The van der Waals surface area contributed by atoms with Crippen LogP contribution >= 0.6 is 0 Å². The molecule has 2 heterocycles. The number of nitrogens with two attached hydrogens (primary N) is 1. The van der Waals surface area contributed by atoms with Crippen molar-refractivity contribution in [2.45, 2.75) is 36.9 Å². The molecule has 6 nitrogen and oxygen atoms in total. The fraction of sp³-hybridized carbons (Fsp3) is 0.571. The van der Waals surface area contributed by atoms with Crippen molar-refractivity contribution in [2.24, 2.45) is 5.73 Å². The Balaban J connectivity index is 1.74. The number of rotatable bonds is 2. The Labute approximate surface area is 117 Å². The lowest BCUT2D eigenvalue weighted by atomic mass is 9.96. The van der Waals surface area contributed by atoms with E-state index in [-0.39, 0.29) is 6.10 Å². The third-order valence-electron chi connectivity index (χ3n) is 3.72. The molecule has 6 heteroatoms. The molecular formula is C14H19NO5. The third kappa shape index (κ3) is 2.46. The van der Waals surface area contributed by atoms with Crippen molar-refractivity contribution < 1.29 is 24.1 Å². The van der Waals surface area contributed by atoms with Crippen LogP contribution in [-0.4, -0.2) is 49.5 Å². The third-order valence-corrected chi connectivity index (χ3v) is 3.72. The number of fused-ring (bicyclic) bond motifs is 1. The van der Waals surface area contributed by atoms with Crippen LogP contribution in [0.1, 0.15) is 11.9 Å². The highest BCUT2D eigenvalue weighted by Crippen LogP contribution is 2.33. The molecule has 3 rings (SSSR count). The molecule has 1 aromatic rings. The first-order chi connectivity index (χ1) is 9.70. The summed E-state index contributed by atoms with van der Waals surface area (Å²) in [4.78, 5) is 0. The number of methoxy groups -OCH3 is 1. The van der Waals surface area contributed by atoms with Gasteiger partial charge in [0.1, 0.15) is 18.3 Å². The van der Waals surface area contributed by atoms with Crippen LogP contribution in [0.25, 0.3) is 0 Å². The number of hydrogen-bond donors (Lipinski definition) is 2. The minimum Gasteiger partial charge on any atom is -0.388 e. The van der Waals surface area contributed by atoms with Gasteiger partial charge in [0.25, 0.3) is 0 Å². The lowest BCUT2D eigenvalue weighted by Gasteiger charge is -2.46. The second-order valence-corrected chi connectivity index (χ2v) is 5.02. The Morgan fingerprint density at radius 2 is 2.00 bits per heavy atom. The van der Waals surface area contributed by atoms with E-state index in [1.807, 2.05) is 30.3 Å². The number of hydrogen-bond acceptors (Lipinski definition) is 6. The summed E-state index contributed by atoms with van der Waals surface area (Å²) in [7, 11) is 1.49. The maximum Gasteiger partial charge on any atom is 0.184 e. The maximum absolute atomic E-state index is 10.3. The topological polar surface area (TPSA) is 83.2 Å². The average molecular weight is 281 g/mol. The van der Waals surface area contributed by atoms with Gasteiger partial charge in [0.2, 0.25) is 0 Å². The van der Waals surface area contributed by atoms with Crippen LogP contribution in [0.3, 0.4) is 0 Å². The smallest absolute Gasteiger partial charge is 0.184 e. The predicted molar refractivity (Wildman–Crippen MR) is 69.7 cm³/mol. The van der Waals surface area contributed by atoms with Gasteiger partial charge in [-0.25, -0.2) is 0 Å². The van der Waals surface area contributed by atoms with E-state index in [4.69, 9.17) is 24.7 Å². The van der Waals surface area contributed by atoms with E-state index in [2.05, 4.69) is 0 Å². The van der Waals surface area contributed by atoms with E-state index in [0.29, 0.717) is 6.61 Å². The molecule has 2 saturated heterocycles. The minimum absolute atomic E-state index is 0.327. The van der Waals surface area contributed by atoms with E-state index in [9.17, 15) is 5.11 Å². The molecule has 0 aliphatic carbocycles. The summed E-state index contributed by atoms with van der Waals surface area (Å²) in [5.41, 5.74) is 6.81. The van der Waals surface area contributed by atoms with Crippen molar-refractivity contribution in [1.29, 1.82) is 0 Å². The summed E-state index contributed by atoms with van der Waals surface area (Å²) in [5, 5.41) is 10.3. The van der Waals surface area contributed by atoms with Crippen molar-refractivity contribution in [2.75, 3.05) is 13.7 Å². The van der Waals surface area contributed by atoms with Gasteiger partial charge in [-0.2, -0.15) is 0 Å². The molecule has 2 aliphatic rings. The van der Waals surface area contributed by atoms with Crippen LogP contribution < -0.4 is 5.73 Å². The van der Waals surface area contributed by atoms with Crippen molar-refractivity contribution >= 4 is 0 Å². The summed E-state index contributed by atoms with van der Waals surface area (Å²) in [5.74, 6) is 0. The molecule has 0 aromatic heterocycles. The van der Waals surface area contributed by atoms with Gasteiger partial charge in [0.05, 0.1) is 12.6 Å². The summed E-state index contributed by atoms with van der Waals surface area (Å²) >= 11 is 0. The van der Waals surface area contributed by atoms with E-state index < -0.39 is 30.8 Å². The zero-order chi connectivity index (χ0) is 14.1. The van der Waals surface area contributed by atoms with Crippen LogP contribution in [0.4, 0.5) is 0 Å². The molecule has 0 amide bonds. The minimum atomic E-state index is -0.853. The lowest BCUT2D eigenvalue weighted by molar-refractivity contribution is -0.339. The Kier molecular flexibility index (Phi) is 4.02. The first kappa shape index (κ1) is 13.9. The quantitative estimate of drug-likeness (QED) is 0.803. The molecule has 0 spiro atoms. The van der Waals surface area contributed by atoms with Gasteiger partial charge in [-0.05, 0) is 0 Å². The molecular weight excluding hydrogens is 262 g/mol. The number of aliphatic hydroxyl groups excluding tert-OH is 1. The van der Waals surface area contributed by atoms with Crippen molar-refractivity contribution in [3.63, 3.8) is 0 Å². The molecule has 2 aliphatic heterocycles. The Morgan fingerprint density at radius 1 is 1.25 bits per heavy atom. The number of aliphatic hydroxyl groups is 1. The standard InChI is InChI=1S/C14H19NO5/c1-17-14-10(15)11(16)12-9(19-14)7-18-13(20-12)8-5-3-2-4-6-8/h2-6,9-14,16H,7,15H2,1H3/t9-,10-,11-,12-,13-,14+/m0/s1. The van der Waals surface area contributed by atoms with Gasteiger partial charge < -0.3 is 29.8 Å². The van der Waals surface area contributed by atoms with Gasteiger partial charge in [0.15, 0.2) is 12.6 Å². The Hall–Kier alpha value is -1.02. The van der Waals surface area contributed by atoms with E-state index in [1.54, 1.807) is 0 Å². The number of benzene rings is 1. The molecule has 1 aromatic carbocycles. The monoisotopic (exact) mass is 281 g/mol. The summed E-state index contributed by atoms with van der Waals surface area (Å²) in [6.45, 7) is 0.327. The molecule has 0 bridgehead atoms. The van der Waals surface area contributed by atoms with Crippen LogP contribution in [-0.2, 0) is 18.9 Å². The van der Waals surface area contributed by atoms with E-state index >= 15 is 0 Å². The molecule has 0 saturated carbocycles. The fourth-order valence-electron chi connectivity index (χ4n) is 2.60. The molecule has 110 valence electrons. The second-order valence-electron chi connectivity index (χ2n) is 5.02. The van der Waals surface area contributed by atoms with Gasteiger partial charge in [-0.3, -0.25) is 0 Å². The predicted octanol–water partition coefficient (Wildman–Crippen LogP) is 0.160. The zero-order valence-corrected chi connectivity index (χ0v) is 11.2. The largest absolute Gasteiger partial charge is 0.388 e. The Bertz CT molecular complexity index is 440. The van der Waals surface area contributed by atoms with Gasteiger partial charge in [-0.1, -0.05) is 30.3 Å².